The predicted octanol–water partition coefficient (Wildman–Crippen LogP) is 5.32. The third-order valence-corrected chi connectivity index (χ3v) is 11.4. The van der Waals surface area contributed by atoms with E-state index >= 15 is 0 Å². The van der Waals surface area contributed by atoms with Crippen LogP contribution in [0.25, 0.3) is 0 Å². The number of hydrogen-bond donors (Lipinski definition) is 4. The number of fused-ring (bicyclic) bond motifs is 5. The molecule has 4 rings (SSSR count). The Kier molecular flexibility index (Phi) is 8.50. The highest BCUT2D eigenvalue weighted by Crippen LogP contribution is 2.67. The van der Waals surface area contributed by atoms with Crippen LogP contribution >= 0.6 is 0 Å². The van der Waals surface area contributed by atoms with Crippen LogP contribution in [0.4, 0.5) is 0 Å². The number of carbonyl (C=O) groups is 2. The second-order valence-electron chi connectivity index (χ2n) is 13.9. The van der Waals surface area contributed by atoms with Crippen molar-refractivity contribution in [2.24, 2.45) is 46.3 Å². The summed E-state index contributed by atoms with van der Waals surface area (Å²) in [5.74, 6) is 1.40. The van der Waals surface area contributed by atoms with Gasteiger partial charge < -0.3 is 20.6 Å². The Balaban J connectivity index is 1.49. The van der Waals surface area contributed by atoms with Gasteiger partial charge in [0.1, 0.15) is 0 Å². The van der Waals surface area contributed by atoms with Crippen LogP contribution < -0.4 is 5.32 Å². The summed E-state index contributed by atoms with van der Waals surface area (Å²) in [7, 11) is 0. The predicted molar refractivity (Wildman–Crippen MR) is 145 cm³/mol. The second-order valence-corrected chi connectivity index (χ2v) is 13.9. The maximum absolute atomic E-state index is 12.3. The van der Waals surface area contributed by atoms with Crippen molar-refractivity contribution in [2.75, 3.05) is 0 Å². The van der Waals surface area contributed by atoms with E-state index in [0.717, 1.165) is 38.0 Å². The molecule has 3 fully saturated rings. The van der Waals surface area contributed by atoms with Crippen molar-refractivity contribution in [2.45, 2.75) is 123 Å². The molecular weight excluding hydrogens is 466 g/mol. The zero-order valence-electron chi connectivity index (χ0n) is 23.7. The van der Waals surface area contributed by atoms with Crippen molar-refractivity contribution in [3.63, 3.8) is 0 Å². The number of nitrogens with one attached hydrogen (secondary N) is 1. The van der Waals surface area contributed by atoms with Crippen LogP contribution in [0.2, 0.25) is 0 Å². The number of carboxylic acid groups (broad SMARTS) is 1. The summed E-state index contributed by atoms with van der Waals surface area (Å²) < 4.78 is 0. The average Bonchev–Trinajstić information content (AvgIpc) is 3.17. The van der Waals surface area contributed by atoms with E-state index in [4.69, 9.17) is 5.11 Å². The summed E-state index contributed by atoms with van der Waals surface area (Å²) in [6, 6.07) is -0.0225. The Hall–Kier alpha value is -1.40. The highest BCUT2D eigenvalue weighted by atomic mass is 16.4. The van der Waals surface area contributed by atoms with Crippen LogP contribution in [-0.2, 0) is 9.59 Å². The van der Waals surface area contributed by atoms with Crippen molar-refractivity contribution in [3.05, 3.63) is 11.6 Å². The van der Waals surface area contributed by atoms with Crippen molar-refractivity contribution in [1.29, 1.82) is 0 Å². The largest absolute Gasteiger partial charge is 0.481 e. The Morgan fingerprint density at radius 3 is 2.46 bits per heavy atom. The fourth-order valence-electron chi connectivity index (χ4n) is 9.28. The quantitative estimate of drug-likeness (QED) is 0.310. The lowest BCUT2D eigenvalue weighted by Gasteiger charge is -2.61. The van der Waals surface area contributed by atoms with Crippen LogP contribution in [0.5, 0.6) is 0 Å². The number of carbonyl (C=O) groups excluding carboxylic acids is 1. The van der Waals surface area contributed by atoms with Gasteiger partial charge in [-0.15, -0.1) is 0 Å². The molecule has 0 heterocycles. The molecule has 0 aromatic carbocycles. The molecule has 6 nitrogen and oxygen atoms in total. The fraction of sp³-hybridized carbons (Fsp3) is 0.871. The third kappa shape index (κ3) is 5.39. The lowest BCUT2D eigenvalue weighted by molar-refractivity contribution is -0.156. The molecule has 6 heteroatoms. The van der Waals surface area contributed by atoms with Crippen molar-refractivity contribution >= 4 is 11.9 Å². The highest BCUT2D eigenvalue weighted by molar-refractivity contribution is 5.80. The Morgan fingerprint density at radius 1 is 1.05 bits per heavy atom. The summed E-state index contributed by atoms with van der Waals surface area (Å²) >= 11 is 0. The molecule has 0 saturated heterocycles. The van der Waals surface area contributed by atoms with Gasteiger partial charge in [0.05, 0.1) is 18.6 Å². The van der Waals surface area contributed by atoms with E-state index in [0.29, 0.717) is 24.2 Å². The molecule has 0 aromatic heterocycles. The molecule has 37 heavy (non-hydrogen) atoms. The summed E-state index contributed by atoms with van der Waals surface area (Å²) in [5, 5.41) is 35.2. The minimum absolute atomic E-state index is 0.00100. The maximum Gasteiger partial charge on any atom is 0.303 e. The van der Waals surface area contributed by atoms with E-state index in [1.165, 1.54) is 24.8 Å². The third-order valence-electron chi connectivity index (χ3n) is 11.4. The van der Waals surface area contributed by atoms with Gasteiger partial charge >= 0.3 is 5.97 Å². The lowest BCUT2D eigenvalue weighted by atomic mass is 9.45. The molecule has 10 atom stereocenters. The van der Waals surface area contributed by atoms with Crippen LogP contribution in [0.1, 0.15) is 105 Å². The molecular formula is C31H51NO5. The second kappa shape index (κ2) is 11.0. The van der Waals surface area contributed by atoms with E-state index in [2.05, 4.69) is 46.0 Å². The van der Waals surface area contributed by atoms with Gasteiger partial charge in [-0.1, -0.05) is 65.5 Å². The molecule has 0 aromatic rings. The molecule has 4 aliphatic rings. The van der Waals surface area contributed by atoms with Gasteiger partial charge in [0, 0.05) is 12.5 Å². The minimum Gasteiger partial charge on any atom is -0.481 e. The number of aliphatic hydroxyl groups is 2. The molecule has 0 aliphatic heterocycles. The number of aliphatic carboxylic acids is 1. The van der Waals surface area contributed by atoms with Gasteiger partial charge in [-0.2, -0.15) is 0 Å². The van der Waals surface area contributed by atoms with Gasteiger partial charge in [0.2, 0.25) is 5.91 Å². The number of rotatable bonds is 9. The van der Waals surface area contributed by atoms with E-state index in [9.17, 15) is 19.8 Å². The van der Waals surface area contributed by atoms with Crippen molar-refractivity contribution in [3.8, 4) is 0 Å². The van der Waals surface area contributed by atoms with Gasteiger partial charge in [0.15, 0.2) is 0 Å². The molecule has 4 aliphatic carbocycles. The van der Waals surface area contributed by atoms with Gasteiger partial charge in [-0.05, 0) is 84.9 Å². The minimum atomic E-state index is -0.961. The van der Waals surface area contributed by atoms with Crippen LogP contribution in [0, 0.1) is 46.3 Å². The summed E-state index contributed by atoms with van der Waals surface area (Å²) in [6.45, 7) is 11.6. The van der Waals surface area contributed by atoms with Gasteiger partial charge in [0.25, 0.3) is 0 Å². The summed E-state index contributed by atoms with van der Waals surface area (Å²) in [5.41, 5.74) is 0.995. The zero-order chi connectivity index (χ0) is 27.1. The van der Waals surface area contributed by atoms with Gasteiger partial charge in [-0.3, -0.25) is 9.59 Å². The topological polar surface area (TPSA) is 107 Å². The Bertz CT molecular complexity index is 885. The Morgan fingerprint density at radius 2 is 1.78 bits per heavy atom. The molecule has 210 valence electrons. The van der Waals surface area contributed by atoms with E-state index in [1.54, 1.807) is 0 Å². The average molecular weight is 518 g/mol. The fourth-order valence-corrected chi connectivity index (χ4v) is 9.28. The van der Waals surface area contributed by atoms with E-state index in [1.807, 2.05) is 0 Å². The zero-order valence-corrected chi connectivity index (χ0v) is 23.7. The number of carboxylic acids is 1. The first kappa shape index (κ1) is 28.6. The summed E-state index contributed by atoms with van der Waals surface area (Å²) in [6.07, 6.45) is 10.2. The normalized spacial score (nSPS) is 41.8. The number of aliphatic hydroxyl groups excluding tert-OH is 2. The first-order chi connectivity index (χ1) is 17.4. The smallest absolute Gasteiger partial charge is 0.303 e. The van der Waals surface area contributed by atoms with Crippen LogP contribution in [0.15, 0.2) is 11.6 Å². The molecule has 4 N–H and O–H groups in total. The van der Waals surface area contributed by atoms with Gasteiger partial charge in [-0.25, -0.2) is 0 Å². The van der Waals surface area contributed by atoms with Crippen LogP contribution in [0.3, 0.4) is 0 Å². The SMILES string of the molecule is CC(C)CCC[C@@H](C)[C@H]1CC[C@H]2[C@@H]3[C@H](O)C=C4C[C@@H](NC(=O)CCC(=O)O)CC[C@]4(C)[C@H]3C[C@H](O)[C@]12C. The number of hydrogen-bond acceptors (Lipinski definition) is 4. The lowest BCUT2D eigenvalue weighted by Crippen LogP contribution is -2.60. The highest BCUT2D eigenvalue weighted by Gasteiger charge is 2.64. The standard InChI is InChI=1S/C31H51NO5/c1-18(2)7-6-8-19(3)22-9-10-23-29-24(17-26(34)31(22,23)5)30(4)14-13-21(15-20(30)16-25(29)33)32-27(35)11-12-28(36)37/h16,18-19,21-26,29,33-34H,6-15,17H2,1-5H3,(H,32,35)(H,36,37)/t19-,21+,22-,23+,24+,25-,26+,29+,30+,31-/m1/s1. The van der Waals surface area contributed by atoms with Crippen molar-refractivity contribution < 1.29 is 24.9 Å². The first-order valence-corrected chi connectivity index (χ1v) is 15.0. The molecule has 0 spiro atoms. The molecule has 3 saturated carbocycles. The molecule has 0 radical (unpaired) electrons. The van der Waals surface area contributed by atoms with E-state index < -0.39 is 12.1 Å². The van der Waals surface area contributed by atoms with Crippen molar-refractivity contribution in [1.82, 2.24) is 5.32 Å². The summed E-state index contributed by atoms with van der Waals surface area (Å²) in [4.78, 5) is 23.1. The Labute approximate surface area is 223 Å². The molecule has 0 bridgehead atoms. The first-order valence-electron chi connectivity index (χ1n) is 15.0. The van der Waals surface area contributed by atoms with E-state index in [-0.39, 0.29) is 53.6 Å². The number of amides is 1. The van der Waals surface area contributed by atoms with Crippen LogP contribution in [-0.4, -0.2) is 45.4 Å². The maximum atomic E-state index is 12.3. The molecule has 1 amide bonds. The monoisotopic (exact) mass is 517 g/mol. The molecule has 0 unspecified atom stereocenters.